The van der Waals surface area contributed by atoms with Gasteiger partial charge in [-0.2, -0.15) is 0 Å². The summed E-state index contributed by atoms with van der Waals surface area (Å²) >= 11 is 9.87. The molecular weight excluding hydrogens is 297 g/mol. The summed E-state index contributed by atoms with van der Waals surface area (Å²) in [5.74, 6) is 0. The summed E-state index contributed by atoms with van der Waals surface area (Å²) in [7, 11) is 0. The third-order valence-electron chi connectivity index (χ3n) is 2.14. The van der Waals surface area contributed by atoms with Gasteiger partial charge in [0.25, 0.3) is 0 Å². The monoisotopic (exact) mass is 310 g/mol. The summed E-state index contributed by atoms with van der Waals surface area (Å²) < 4.78 is 0.597. The quantitative estimate of drug-likeness (QED) is 0.682. The first-order valence-corrected chi connectivity index (χ1v) is 15.2. The zero-order valence-electron chi connectivity index (χ0n) is 7.64. The summed E-state index contributed by atoms with van der Waals surface area (Å²) in [6.07, 6.45) is 6.40. The molecule has 1 rings (SSSR count). The van der Waals surface area contributed by atoms with Crippen LogP contribution in [0.2, 0.25) is 18.8 Å². The molecular formula is C8H13BCl2Sn. The molecule has 4 heteroatoms. The van der Waals surface area contributed by atoms with E-state index in [4.69, 9.17) is 22.9 Å². The van der Waals surface area contributed by atoms with Crippen LogP contribution in [-0.4, -0.2) is 23.9 Å². The van der Waals surface area contributed by atoms with Gasteiger partial charge in [-0.15, -0.1) is 0 Å². The molecule has 1 aliphatic rings. The van der Waals surface area contributed by atoms with E-state index in [1.165, 1.54) is 5.47 Å². The van der Waals surface area contributed by atoms with E-state index >= 15 is 0 Å². The first-order valence-electron chi connectivity index (χ1n) is 4.09. The molecule has 0 fully saturated rings. The van der Waals surface area contributed by atoms with Gasteiger partial charge in [0, 0.05) is 0 Å². The summed E-state index contributed by atoms with van der Waals surface area (Å²) in [5.41, 5.74) is 0.891. The fourth-order valence-corrected chi connectivity index (χ4v) is 8.08. The fourth-order valence-electron chi connectivity index (χ4n) is 1.49. The van der Waals surface area contributed by atoms with E-state index in [1.807, 2.05) is 0 Å². The summed E-state index contributed by atoms with van der Waals surface area (Å²) in [6, 6.07) is 0. The van der Waals surface area contributed by atoms with Crippen molar-refractivity contribution in [3.8, 4) is 0 Å². The molecule has 0 aliphatic heterocycles. The normalized spacial score (nSPS) is 22.8. The van der Waals surface area contributed by atoms with E-state index < -0.39 is 18.4 Å². The van der Waals surface area contributed by atoms with Crippen molar-refractivity contribution in [1.29, 1.82) is 0 Å². The molecule has 0 spiro atoms. The first-order chi connectivity index (χ1) is 5.43. The summed E-state index contributed by atoms with van der Waals surface area (Å²) in [6.45, 7) is 0. The molecule has 66 valence electrons. The van der Waals surface area contributed by atoms with E-state index in [9.17, 15) is 0 Å². The van der Waals surface area contributed by atoms with Crippen LogP contribution in [0.1, 0.15) is 0 Å². The SMILES string of the molecule is [CH3][Sn]([CH3])([CH3])[CH]1C=CC=C1B(Cl)Cl. The molecule has 1 atom stereocenters. The molecule has 0 saturated carbocycles. The Kier molecular flexibility index (Phi) is 3.64. The third-order valence-corrected chi connectivity index (χ3v) is 9.47. The average molecular weight is 310 g/mol. The number of allylic oxidation sites excluding steroid dienone is 4. The number of hydrogen-bond acceptors (Lipinski definition) is 0. The van der Waals surface area contributed by atoms with Crippen molar-refractivity contribution in [3.05, 3.63) is 23.7 Å². The van der Waals surface area contributed by atoms with E-state index in [-0.39, 0.29) is 5.54 Å². The maximum atomic E-state index is 5.88. The second kappa shape index (κ2) is 3.97. The van der Waals surface area contributed by atoms with Crippen LogP contribution in [0.15, 0.2) is 23.7 Å². The Bertz CT molecular complexity index is 228. The van der Waals surface area contributed by atoms with Crippen LogP contribution < -0.4 is 0 Å². The second-order valence-corrected chi connectivity index (χ2v) is 20.6. The molecule has 1 unspecified atom stereocenters. The van der Waals surface area contributed by atoms with Gasteiger partial charge in [0.05, 0.1) is 0 Å². The Morgan fingerprint density at radius 3 is 2.25 bits per heavy atom. The molecule has 0 amide bonds. The minimum atomic E-state index is -1.88. The van der Waals surface area contributed by atoms with Crippen LogP contribution >= 0.6 is 22.9 Å². The molecule has 0 saturated heterocycles. The molecule has 0 aromatic carbocycles. The van der Waals surface area contributed by atoms with E-state index in [2.05, 4.69) is 33.0 Å². The van der Waals surface area contributed by atoms with Crippen molar-refractivity contribution in [3.63, 3.8) is 0 Å². The van der Waals surface area contributed by atoms with Gasteiger partial charge in [0.2, 0.25) is 0 Å². The molecule has 0 aromatic heterocycles. The van der Waals surface area contributed by atoms with Crippen molar-refractivity contribution in [2.24, 2.45) is 0 Å². The zero-order valence-corrected chi connectivity index (χ0v) is 12.0. The third kappa shape index (κ3) is 2.46. The molecule has 0 nitrogen and oxygen atoms in total. The molecule has 0 aromatic rings. The van der Waals surface area contributed by atoms with Gasteiger partial charge >= 0.3 is 89.3 Å². The molecule has 12 heavy (non-hydrogen) atoms. The Morgan fingerprint density at radius 1 is 1.33 bits per heavy atom. The van der Waals surface area contributed by atoms with Gasteiger partial charge in [0.15, 0.2) is 0 Å². The number of rotatable bonds is 2. The Morgan fingerprint density at radius 2 is 1.92 bits per heavy atom. The van der Waals surface area contributed by atoms with Gasteiger partial charge in [-0.25, -0.2) is 0 Å². The molecule has 0 heterocycles. The van der Waals surface area contributed by atoms with Crippen LogP contribution in [-0.2, 0) is 0 Å². The van der Waals surface area contributed by atoms with Crippen molar-refractivity contribution in [2.75, 3.05) is 0 Å². The van der Waals surface area contributed by atoms with Crippen LogP contribution in [0.4, 0.5) is 0 Å². The van der Waals surface area contributed by atoms with E-state index in [0.29, 0.717) is 3.93 Å². The van der Waals surface area contributed by atoms with Gasteiger partial charge in [-0.3, -0.25) is 0 Å². The predicted molar refractivity (Wildman–Crippen MR) is 61.8 cm³/mol. The summed E-state index contributed by atoms with van der Waals surface area (Å²) in [4.78, 5) is 7.21. The maximum absolute atomic E-state index is 5.88. The van der Waals surface area contributed by atoms with Crippen molar-refractivity contribution in [2.45, 2.75) is 18.8 Å². The van der Waals surface area contributed by atoms with Crippen molar-refractivity contribution >= 4 is 46.8 Å². The van der Waals surface area contributed by atoms with Gasteiger partial charge < -0.3 is 0 Å². The number of hydrogen-bond donors (Lipinski definition) is 0. The minimum absolute atomic E-state index is 0.319. The Balaban J connectivity index is 2.81. The second-order valence-electron chi connectivity index (χ2n) is 4.20. The number of halogens is 2. The van der Waals surface area contributed by atoms with Crippen LogP contribution in [0.3, 0.4) is 0 Å². The first kappa shape index (κ1) is 11.0. The van der Waals surface area contributed by atoms with Gasteiger partial charge in [-0.05, 0) is 0 Å². The fraction of sp³-hybridized carbons (Fsp3) is 0.500. The molecule has 0 radical (unpaired) electrons. The standard InChI is InChI=1S/C5H4BCl2.3CH3.Sn/c7-6(8)5-3-1-2-4-5;;;;/h1-4H;3*1H3;. The van der Waals surface area contributed by atoms with E-state index in [1.54, 1.807) is 0 Å². The summed E-state index contributed by atoms with van der Waals surface area (Å²) in [5, 5.41) is 0. The van der Waals surface area contributed by atoms with E-state index in [0.717, 1.165) is 0 Å². The predicted octanol–water partition coefficient (Wildman–Crippen LogP) is 3.70. The Hall–Kier alpha value is 0.924. The molecule has 0 N–H and O–H groups in total. The van der Waals surface area contributed by atoms with Gasteiger partial charge in [-0.1, -0.05) is 0 Å². The molecule has 0 bridgehead atoms. The topological polar surface area (TPSA) is 0 Å². The molecule has 1 aliphatic carbocycles. The average Bonchev–Trinajstić information content (AvgIpc) is 2.30. The van der Waals surface area contributed by atoms with Crippen LogP contribution in [0.5, 0.6) is 0 Å². The van der Waals surface area contributed by atoms with Crippen molar-refractivity contribution in [1.82, 2.24) is 0 Å². The zero-order chi connectivity index (χ0) is 9.35. The van der Waals surface area contributed by atoms with Crippen LogP contribution in [0, 0.1) is 0 Å². The van der Waals surface area contributed by atoms with Crippen molar-refractivity contribution < 1.29 is 0 Å². The Labute approximate surface area is 88.8 Å². The van der Waals surface area contributed by atoms with Gasteiger partial charge in [0.1, 0.15) is 0 Å². The van der Waals surface area contributed by atoms with Crippen LogP contribution in [0.25, 0.3) is 0 Å².